The largest absolute Gasteiger partial charge is 0.423 e. The molecule has 1 aromatic carbocycles. The maximum absolute atomic E-state index is 6.08. The lowest BCUT2D eigenvalue weighted by molar-refractivity contribution is 0.199. The van der Waals surface area contributed by atoms with E-state index in [0.29, 0.717) is 23.9 Å². The van der Waals surface area contributed by atoms with E-state index in [1.807, 2.05) is 6.07 Å². The van der Waals surface area contributed by atoms with Gasteiger partial charge >= 0.3 is 6.01 Å². The molecular weight excluding hydrogens is 358 g/mol. The van der Waals surface area contributed by atoms with Gasteiger partial charge in [-0.2, -0.15) is 0 Å². The molecule has 1 heterocycles. The lowest BCUT2D eigenvalue weighted by atomic mass is 10.3. The Balaban J connectivity index is 1.92. The summed E-state index contributed by atoms with van der Waals surface area (Å²) < 4.78 is 11.4. The summed E-state index contributed by atoms with van der Waals surface area (Å²) in [7, 11) is 1.67. The van der Waals surface area contributed by atoms with Crippen LogP contribution in [0.25, 0.3) is 0 Å². The van der Waals surface area contributed by atoms with Crippen molar-refractivity contribution in [2.24, 2.45) is 0 Å². The average molecular weight is 373 g/mol. The fourth-order valence-electron chi connectivity index (χ4n) is 1.55. The van der Waals surface area contributed by atoms with E-state index in [0.717, 1.165) is 16.6 Å². The molecule has 7 heteroatoms. The number of aromatic nitrogens is 2. The van der Waals surface area contributed by atoms with Crippen molar-refractivity contribution in [2.75, 3.05) is 20.3 Å². The first-order valence-corrected chi connectivity index (χ1v) is 7.49. The second-order valence-electron chi connectivity index (χ2n) is 4.22. The zero-order valence-electron chi connectivity index (χ0n) is 11.5. The molecule has 0 fully saturated rings. The van der Waals surface area contributed by atoms with E-state index >= 15 is 0 Å². The highest BCUT2D eigenvalue weighted by atomic mass is 79.9. The van der Waals surface area contributed by atoms with Crippen LogP contribution >= 0.6 is 27.5 Å². The Hall–Kier alpha value is -1.21. The van der Waals surface area contributed by atoms with Crippen molar-refractivity contribution in [3.63, 3.8) is 0 Å². The molecule has 0 spiro atoms. The third-order valence-corrected chi connectivity index (χ3v) is 3.38. The minimum atomic E-state index is 0.264. The van der Waals surface area contributed by atoms with Crippen LogP contribution in [0, 0.1) is 0 Å². The Bertz CT molecular complexity index is 581. The molecule has 0 unspecified atom stereocenters. The zero-order valence-corrected chi connectivity index (χ0v) is 13.8. The first-order valence-electron chi connectivity index (χ1n) is 6.32. The van der Waals surface area contributed by atoms with Gasteiger partial charge in [0.05, 0.1) is 11.6 Å². The van der Waals surface area contributed by atoms with Gasteiger partial charge in [0.15, 0.2) is 0 Å². The molecule has 5 nitrogen and oxygen atoms in total. The second kappa shape index (κ2) is 8.29. The first-order chi connectivity index (χ1) is 10.2. The van der Waals surface area contributed by atoms with E-state index in [1.165, 1.54) is 0 Å². The van der Waals surface area contributed by atoms with Gasteiger partial charge < -0.3 is 14.8 Å². The highest BCUT2D eigenvalue weighted by Crippen LogP contribution is 2.30. The minimum Gasteiger partial charge on any atom is -0.423 e. The highest BCUT2D eigenvalue weighted by molar-refractivity contribution is 9.10. The van der Waals surface area contributed by atoms with Crippen LogP contribution in [-0.4, -0.2) is 30.2 Å². The maximum atomic E-state index is 6.08. The van der Waals surface area contributed by atoms with Crippen molar-refractivity contribution in [1.29, 1.82) is 0 Å². The van der Waals surface area contributed by atoms with Gasteiger partial charge in [-0.25, -0.2) is 9.97 Å². The van der Waals surface area contributed by atoms with Gasteiger partial charge in [0.2, 0.25) is 0 Å². The van der Waals surface area contributed by atoms with Crippen molar-refractivity contribution in [3.8, 4) is 11.8 Å². The summed E-state index contributed by atoms with van der Waals surface area (Å²) >= 11 is 9.42. The number of ether oxygens (including phenoxy) is 2. The smallest absolute Gasteiger partial charge is 0.321 e. The second-order valence-corrected chi connectivity index (χ2v) is 5.54. The summed E-state index contributed by atoms with van der Waals surface area (Å²) in [6.07, 6.45) is 3.43. The maximum Gasteiger partial charge on any atom is 0.321 e. The SMILES string of the molecule is COCCNCc1cnc(Oc2ccc(Br)cc2Cl)nc1. The Morgan fingerprint density at radius 1 is 1.29 bits per heavy atom. The Morgan fingerprint density at radius 2 is 2.05 bits per heavy atom. The molecule has 0 aliphatic heterocycles. The molecule has 1 N–H and O–H groups in total. The number of benzene rings is 1. The van der Waals surface area contributed by atoms with Crippen LogP contribution in [0.5, 0.6) is 11.8 Å². The number of hydrogen-bond donors (Lipinski definition) is 1. The molecule has 1 aromatic heterocycles. The number of nitrogens with zero attached hydrogens (tertiary/aromatic N) is 2. The number of methoxy groups -OCH3 is 1. The van der Waals surface area contributed by atoms with Crippen LogP contribution in [0.1, 0.15) is 5.56 Å². The summed E-state index contributed by atoms with van der Waals surface area (Å²) in [5.41, 5.74) is 0.973. The van der Waals surface area contributed by atoms with E-state index in [9.17, 15) is 0 Å². The Kier molecular flexibility index (Phi) is 6.38. The Labute approximate surface area is 136 Å². The van der Waals surface area contributed by atoms with Gasteiger partial charge in [0.25, 0.3) is 0 Å². The van der Waals surface area contributed by atoms with Crippen LogP contribution in [-0.2, 0) is 11.3 Å². The van der Waals surface area contributed by atoms with E-state index in [-0.39, 0.29) is 6.01 Å². The van der Waals surface area contributed by atoms with Gasteiger partial charge in [0, 0.05) is 42.6 Å². The van der Waals surface area contributed by atoms with Crippen LogP contribution in [0.2, 0.25) is 5.02 Å². The lowest BCUT2D eigenvalue weighted by Crippen LogP contribution is -2.18. The van der Waals surface area contributed by atoms with Crippen molar-refractivity contribution in [3.05, 3.63) is 45.7 Å². The summed E-state index contributed by atoms with van der Waals surface area (Å²) in [4.78, 5) is 8.32. The predicted molar refractivity (Wildman–Crippen MR) is 84.8 cm³/mol. The molecule has 0 aliphatic carbocycles. The fraction of sp³-hybridized carbons (Fsp3) is 0.286. The molecule has 21 heavy (non-hydrogen) atoms. The molecule has 112 valence electrons. The van der Waals surface area contributed by atoms with E-state index in [2.05, 4.69) is 31.2 Å². The minimum absolute atomic E-state index is 0.264. The molecule has 2 aromatic rings. The van der Waals surface area contributed by atoms with E-state index < -0.39 is 0 Å². The van der Waals surface area contributed by atoms with E-state index in [4.69, 9.17) is 21.1 Å². The fourth-order valence-corrected chi connectivity index (χ4v) is 2.26. The quantitative estimate of drug-likeness (QED) is 0.755. The number of rotatable bonds is 7. The number of hydrogen-bond acceptors (Lipinski definition) is 5. The van der Waals surface area contributed by atoms with Crippen LogP contribution in [0.4, 0.5) is 0 Å². The molecular formula is C14H15BrClN3O2. The monoisotopic (exact) mass is 371 g/mol. The lowest BCUT2D eigenvalue weighted by Gasteiger charge is -2.07. The van der Waals surface area contributed by atoms with Crippen LogP contribution in [0.15, 0.2) is 35.1 Å². The summed E-state index contributed by atoms with van der Waals surface area (Å²) in [5.74, 6) is 0.519. The molecule has 2 rings (SSSR count). The number of halogens is 2. The highest BCUT2D eigenvalue weighted by Gasteiger charge is 2.06. The first kappa shape index (κ1) is 16.2. The standard InChI is InChI=1S/C14H15BrClN3O2/c1-20-5-4-17-7-10-8-18-14(19-9-10)21-13-3-2-11(15)6-12(13)16/h2-3,6,8-9,17H,4-5,7H2,1H3. The zero-order chi connectivity index (χ0) is 15.1. The van der Waals surface area contributed by atoms with Gasteiger partial charge in [-0.3, -0.25) is 0 Å². The van der Waals surface area contributed by atoms with Gasteiger partial charge in [-0.15, -0.1) is 0 Å². The summed E-state index contributed by atoms with van der Waals surface area (Å²) in [5, 5.41) is 3.71. The third kappa shape index (κ3) is 5.24. The predicted octanol–water partition coefficient (Wildman–Crippen LogP) is 3.42. The molecule has 0 atom stereocenters. The van der Waals surface area contributed by atoms with Crippen molar-refractivity contribution >= 4 is 27.5 Å². The average Bonchev–Trinajstić information content (AvgIpc) is 2.48. The Morgan fingerprint density at radius 3 is 2.71 bits per heavy atom. The molecule has 0 saturated heterocycles. The summed E-state index contributed by atoms with van der Waals surface area (Å²) in [6.45, 7) is 2.13. The van der Waals surface area contributed by atoms with Crippen molar-refractivity contribution < 1.29 is 9.47 Å². The van der Waals surface area contributed by atoms with Gasteiger partial charge in [0.1, 0.15) is 5.75 Å². The number of nitrogens with one attached hydrogen (secondary N) is 1. The summed E-state index contributed by atoms with van der Waals surface area (Å²) in [6, 6.07) is 5.62. The molecule has 0 saturated carbocycles. The topological polar surface area (TPSA) is 56.3 Å². The van der Waals surface area contributed by atoms with Crippen LogP contribution < -0.4 is 10.1 Å². The molecule has 0 bridgehead atoms. The normalized spacial score (nSPS) is 10.6. The van der Waals surface area contributed by atoms with Gasteiger partial charge in [-0.05, 0) is 18.2 Å². The van der Waals surface area contributed by atoms with Crippen molar-refractivity contribution in [1.82, 2.24) is 15.3 Å². The molecule has 0 aliphatic rings. The van der Waals surface area contributed by atoms with Crippen molar-refractivity contribution in [2.45, 2.75) is 6.54 Å². The van der Waals surface area contributed by atoms with Crippen LogP contribution in [0.3, 0.4) is 0 Å². The third-order valence-electron chi connectivity index (χ3n) is 2.59. The molecule has 0 radical (unpaired) electrons. The van der Waals surface area contributed by atoms with E-state index in [1.54, 1.807) is 31.6 Å². The molecule has 0 amide bonds. The van der Waals surface area contributed by atoms with Gasteiger partial charge in [-0.1, -0.05) is 27.5 Å².